The Balaban J connectivity index is 2.71. The van der Waals surface area contributed by atoms with Crippen LogP contribution >= 0.6 is 0 Å². The largest absolute Gasteiger partial charge is 0.469 e. The molecule has 0 unspecified atom stereocenters. The summed E-state index contributed by atoms with van der Waals surface area (Å²) in [5, 5.41) is 4.91. The average molecular weight is 422 g/mol. The Bertz CT molecular complexity index is 729. The number of carbonyl (C=O) groups excluding carboxylic acids is 4. The van der Waals surface area contributed by atoms with Crippen molar-refractivity contribution in [3.63, 3.8) is 0 Å². The van der Waals surface area contributed by atoms with Crippen molar-refractivity contribution < 1.29 is 33.4 Å². The van der Waals surface area contributed by atoms with Gasteiger partial charge in [0.25, 0.3) is 0 Å². The second-order valence-electron chi connectivity index (χ2n) is 7.64. The summed E-state index contributed by atoms with van der Waals surface area (Å²) in [6, 6.07) is 6.99. The number of carbonyl (C=O) groups is 4. The molecule has 0 aliphatic heterocycles. The summed E-state index contributed by atoms with van der Waals surface area (Å²) in [6.45, 7) is 6.57. The normalized spacial score (nSPS) is 12.8. The molecule has 9 nitrogen and oxygen atoms in total. The first-order valence-corrected chi connectivity index (χ1v) is 9.59. The Kier molecular flexibility index (Phi) is 9.80. The number of rotatable bonds is 9. The van der Waals surface area contributed by atoms with Crippen LogP contribution in [0.15, 0.2) is 30.3 Å². The number of methoxy groups -OCH3 is 1. The molecule has 0 aliphatic carbocycles. The second-order valence-corrected chi connectivity index (χ2v) is 7.64. The van der Waals surface area contributed by atoms with Crippen LogP contribution in [0.1, 0.15) is 46.1 Å². The SMILES string of the molecule is COC(=O)CC[C@H](NC(=O)[C@H](C)NC(=O)OC(C)(C)C)C(=O)OCc1ccccc1. The van der Waals surface area contributed by atoms with Crippen LogP contribution in [-0.2, 0) is 35.2 Å². The van der Waals surface area contributed by atoms with Crippen LogP contribution in [0, 0.1) is 0 Å². The van der Waals surface area contributed by atoms with Gasteiger partial charge in [0, 0.05) is 6.42 Å². The maximum atomic E-state index is 12.5. The summed E-state index contributed by atoms with van der Waals surface area (Å²) in [6.07, 6.45) is -0.857. The molecule has 0 fully saturated rings. The number of alkyl carbamates (subject to hydrolysis) is 1. The van der Waals surface area contributed by atoms with E-state index in [0.717, 1.165) is 5.56 Å². The van der Waals surface area contributed by atoms with E-state index in [1.54, 1.807) is 32.9 Å². The van der Waals surface area contributed by atoms with Crippen molar-refractivity contribution in [2.45, 2.75) is 64.8 Å². The standard InChI is InChI=1S/C21H30N2O7/c1-14(22-20(27)30-21(2,3)4)18(25)23-16(11-12-17(24)28-5)19(26)29-13-15-9-7-6-8-10-15/h6-10,14,16H,11-13H2,1-5H3,(H,22,27)(H,23,25)/t14-,16-/m0/s1. The molecule has 0 heterocycles. The van der Waals surface area contributed by atoms with Crippen LogP contribution in [0.3, 0.4) is 0 Å². The molecule has 1 aromatic rings. The van der Waals surface area contributed by atoms with Gasteiger partial charge in [-0.25, -0.2) is 9.59 Å². The van der Waals surface area contributed by atoms with Crippen molar-refractivity contribution >= 4 is 23.9 Å². The summed E-state index contributed by atoms with van der Waals surface area (Å²) >= 11 is 0. The Labute approximate surface area is 176 Å². The zero-order valence-corrected chi connectivity index (χ0v) is 18.0. The van der Waals surface area contributed by atoms with E-state index in [4.69, 9.17) is 9.47 Å². The first-order chi connectivity index (χ1) is 14.0. The van der Waals surface area contributed by atoms with E-state index >= 15 is 0 Å². The van der Waals surface area contributed by atoms with Crippen LogP contribution in [0.4, 0.5) is 4.79 Å². The molecule has 0 aliphatic rings. The van der Waals surface area contributed by atoms with Crippen LogP contribution in [0.25, 0.3) is 0 Å². The maximum absolute atomic E-state index is 12.5. The monoisotopic (exact) mass is 422 g/mol. The fourth-order valence-corrected chi connectivity index (χ4v) is 2.29. The van der Waals surface area contributed by atoms with Crippen LogP contribution < -0.4 is 10.6 Å². The lowest BCUT2D eigenvalue weighted by atomic mass is 10.1. The van der Waals surface area contributed by atoms with Gasteiger partial charge in [-0.15, -0.1) is 0 Å². The summed E-state index contributed by atoms with van der Waals surface area (Å²) in [7, 11) is 1.23. The average Bonchev–Trinajstić information content (AvgIpc) is 2.67. The summed E-state index contributed by atoms with van der Waals surface area (Å²) in [5.74, 6) is -1.84. The molecular formula is C21H30N2O7. The van der Waals surface area contributed by atoms with Crippen molar-refractivity contribution in [1.82, 2.24) is 10.6 Å². The minimum atomic E-state index is -1.08. The number of esters is 2. The molecule has 1 aromatic carbocycles. The minimum Gasteiger partial charge on any atom is -0.469 e. The quantitative estimate of drug-likeness (QED) is 0.462. The third kappa shape index (κ3) is 9.90. The summed E-state index contributed by atoms with van der Waals surface area (Å²) < 4.78 is 15.0. The Morgan fingerprint density at radius 3 is 2.23 bits per heavy atom. The summed E-state index contributed by atoms with van der Waals surface area (Å²) in [4.78, 5) is 48.2. The van der Waals surface area contributed by atoms with Crippen LogP contribution in [0.5, 0.6) is 0 Å². The van der Waals surface area contributed by atoms with Gasteiger partial charge in [0.15, 0.2) is 0 Å². The highest BCUT2D eigenvalue weighted by molar-refractivity contribution is 5.89. The van der Waals surface area contributed by atoms with Crippen molar-refractivity contribution in [3.8, 4) is 0 Å². The van der Waals surface area contributed by atoms with Crippen molar-refractivity contribution in [3.05, 3.63) is 35.9 Å². The Morgan fingerprint density at radius 1 is 1.03 bits per heavy atom. The highest BCUT2D eigenvalue weighted by Crippen LogP contribution is 2.08. The van der Waals surface area contributed by atoms with Gasteiger partial charge in [-0.05, 0) is 39.7 Å². The molecule has 0 spiro atoms. The van der Waals surface area contributed by atoms with Gasteiger partial charge >= 0.3 is 18.0 Å². The maximum Gasteiger partial charge on any atom is 0.408 e. The van der Waals surface area contributed by atoms with Crippen molar-refractivity contribution in [1.29, 1.82) is 0 Å². The lowest BCUT2D eigenvalue weighted by Gasteiger charge is -2.23. The molecule has 0 bridgehead atoms. The van der Waals surface area contributed by atoms with Gasteiger partial charge in [0.2, 0.25) is 5.91 Å². The molecule has 0 saturated heterocycles. The van der Waals surface area contributed by atoms with Gasteiger partial charge in [0.1, 0.15) is 24.3 Å². The van der Waals surface area contributed by atoms with Gasteiger partial charge in [0.05, 0.1) is 7.11 Å². The minimum absolute atomic E-state index is 0.00874. The lowest BCUT2D eigenvalue weighted by molar-refractivity contribution is -0.150. The van der Waals surface area contributed by atoms with E-state index in [1.807, 2.05) is 18.2 Å². The molecule has 9 heteroatoms. The van der Waals surface area contributed by atoms with Gasteiger partial charge in [-0.2, -0.15) is 0 Å². The number of amides is 2. The molecule has 0 saturated carbocycles. The predicted molar refractivity (Wildman–Crippen MR) is 108 cm³/mol. The molecule has 30 heavy (non-hydrogen) atoms. The molecule has 1 rings (SSSR count). The number of benzene rings is 1. The van der Waals surface area contributed by atoms with Gasteiger partial charge in [-0.3, -0.25) is 9.59 Å². The first-order valence-electron chi connectivity index (χ1n) is 9.59. The fourth-order valence-electron chi connectivity index (χ4n) is 2.29. The topological polar surface area (TPSA) is 120 Å². The zero-order valence-electron chi connectivity index (χ0n) is 18.0. The Morgan fingerprint density at radius 2 is 1.67 bits per heavy atom. The molecule has 2 atom stereocenters. The molecule has 0 aromatic heterocycles. The second kappa shape index (κ2) is 11.8. The van der Waals surface area contributed by atoms with Crippen LogP contribution in [0.2, 0.25) is 0 Å². The van der Waals surface area contributed by atoms with Crippen molar-refractivity contribution in [2.75, 3.05) is 7.11 Å². The molecule has 166 valence electrons. The zero-order chi connectivity index (χ0) is 22.7. The van der Waals surface area contributed by atoms with E-state index in [1.165, 1.54) is 14.0 Å². The van der Waals surface area contributed by atoms with E-state index in [0.29, 0.717) is 0 Å². The third-order valence-electron chi connectivity index (χ3n) is 3.82. The number of nitrogens with one attached hydrogen (secondary N) is 2. The summed E-state index contributed by atoms with van der Waals surface area (Å²) in [5.41, 5.74) is 0.0637. The lowest BCUT2D eigenvalue weighted by Crippen LogP contribution is -2.51. The highest BCUT2D eigenvalue weighted by atomic mass is 16.6. The number of hydrogen-bond acceptors (Lipinski definition) is 7. The first kappa shape index (κ1) is 24.9. The predicted octanol–water partition coefficient (Wildman–Crippen LogP) is 2.08. The number of ether oxygens (including phenoxy) is 3. The van der Waals surface area contributed by atoms with E-state index in [9.17, 15) is 19.2 Å². The van der Waals surface area contributed by atoms with Crippen molar-refractivity contribution in [2.24, 2.45) is 0 Å². The third-order valence-corrected chi connectivity index (χ3v) is 3.82. The number of hydrogen-bond donors (Lipinski definition) is 2. The molecular weight excluding hydrogens is 392 g/mol. The molecule has 2 amide bonds. The van der Waals surface area contributed by atoms with E-state index < -0.39 is 41.6 Å². The fraction of sp³-hybridized carbons (Fsp3) is 0.524. The van der Waals surface area contributed by atoms with Gasteiger partial charge in [-0.1, -0.05) is 30.3 Å². The smallest absolute Gasteiger partial charge is 0.408 e. The molecule has 0 radical (unpaired) electrons. The Hall–Kier alpha value is -3.10. The van der Waals surface area contributed by atoms with Crippen LogP contribution in [-0.4, -0.2) is 48.7 Å². The van der Waals surface area contributed by atoms with E-state index in [-0.39, 0.29) is 19.4 Å². The molecule has 2 N–H and O–H groups in total. The van der Waals surface area contributed by atoms with Gasteiger partial charge < -0.3 is 24.8 Å². The van der Waals surface area contributed by atoms with E-state index in [2.05, 4.69) is 15.4 Å². The highest BCUT2D eigenvalue weighted by Gasteiger charge is 2.27.